The molecule has 1 aromatic heterocycles. The first kappa shape index (κ1) is 18.3. The van der Waals surface area contributed by atoms with E-state index in [2.05, 4.69) is 17.0 Å². The van der Waals surface area contributed by atoms with E-state index in [1.807, 2.05) is 55.6 Å². The third-order valence-corrected chi connectivity index (χ3v) is 5.35. The van der Waals surface area contributed by atoms with Crippen molar-refractivity contribution in [3.05, 3.63) is 83.0 Å². The molecule has 2 aromatic carbocycles. The van der Waals surface area contributed by atoms with E-state index in [0.717, 1.165) is 28.1 Å². The molecule has 0 fully saturated rings. The number of anilines is 1. The molecule has 6 heteroatoms. The van der Waals surface area contributed by atoms with Crippen LogP contribution in [0, 0.1) is 6.92 Å². The van der Waals surface area contributed by atoms with Crippen LogP contribution in [0.4, 0.5) is 5.82 Å². The van der Waals surface area contributed by atoms with E-state index in [1.165, 1.54) is 0 Å². The maximum Gasteiger partial charge on any atom is 0.226 e. The number of carbonyl (C=O) groups is 1. The molecule has 142 valence electrons. The lowest BCUT2D eigenvalue weighted by Crippen LogP contribution is -2.25. The number of hydrogen-bond donors (Lipinski definition) is 1. The zero-order chi connectivity index (χ0) is 19.7. The molecule has 0 aliphatic carbocycles. The highest BCUT2D eigenvalue weighted by atomic mass is 35.5. The highest BCUT2D eigenvalue weighted by Gasteiger charge is 2.32. The number of hydrogen-bond acceptors (Lipinski definition) is 3. The molecule has 0 radical (unpaired) electrons. The van der Waals surface area contributed by atoms with Gasteiger partial charge in [-0.25, -0.2) is 4.68 Å². The second-order valence-corrected chi connectivity index (χ2v) is 7.09. The molecule has 5 nitrogen and oxygen atoms in total. The van der Waals surface area contributed by atoms with Crippen LogP contribution < -0.4 is 10.1 Å². The van der Waals surface area contributed by atoms with Crippen LogP contribution in [-0.4, -0.2) is 22.3 Å². The molecule has 1 amide bonds. The topological polar surface area (TPSA) is 56.1 Å². The molecule has 0 saturated heterocycles. The van der Waals surface area contributed by atoms with Crippen LogP contribution >= 0.6 is 11.6 Å². The molecule has 1 N–H and O–H groups in total. The normalized spacial score (nSPS) is 15.6. The van der Waals surface area contributed by atoms with Gasteiger partial charge in [0.05, 0.1) is 11.9 Å². The fourth-order valence-electron chi connectivity index (χ4n) is 3.55. The summed E-state index contributed by atoms with van der Waals surface area (Å²) in [6, 6.07) is 13.4. The summed E-state index contributed by atoms with van der Waals surface area (Å²) in [4.78, 5) is 12.5. The molecule has 1 aliphatic heterocycles. The van der Waals surface area contributed by atoms with E-state index in [9.17, 15) is 4.79 Å². The van der Waals surface area contributed by atoms with Gasteiger partial charge in [-0.2, -0.15) is 5.10 Å². The van der Waals surface area contributed by atoms with E-state index in [-0.39, 0.29) is 11.8 Å². The monoisotopic (exact) mass is 393 g/mol. The molecular weight excluding hydrogens is 374 g/mol. The molecule has 3 aromatic rings. The number of aromatic nitrogens is 2. The number of rotatable bonds is 5. The molecule has 0 spiro atoms. The summed E-state index contributed by atoms with van der Waals surface area (Å²) < 4.78 is 7.57. The van der Waals surface area contributed by atoms with Crippen LogP contribution in [0.5, 0.6) is 5.75 Å². The standard InChI is InChI=1S/C22H20ClN3O2/c1-3-11-28-20-10-5-4-7-15(20)16-12-21(27)25-22-17(16)13-24-26(22)19-9-6-8-18(23)14(19)2/h3-10,13,16H,1,11-12H2,2H3,(H,25,27)/t16-/m0/s1. The van der Waals surface area contributed by atoms with Crippen molar-refractivity contribution in [3.8, 4) is 11.4 Å². The van der Waals surface area contributed by atoms with Gasteiger partial charge in [0.1, 0.15) is 18.2 Å². The second-order valence-electron chi connectivity index (χ2n) is 6.69. The Balaban J connectivity index is 1.82. The number of carbonyl (C=O) groups excluding carboxylic acids is 1. The van der Waals surface area contributed by atoms with Gasteiger partial charge in [-0.1, -0.05) is 48.5 Å². The Kier molecular flexibility index (Phi) is 4.92. The first-order valence-electron chi connectivity index (χ1n) is 9.06. The number of para-hydroxylation sites is 1. The molecule has 4 rings (SSSR count). The van der Waals surface area contributed by atoms with Gasteiger partial charge in [0.15, 0.2) is 0 Å². The zero-order valence-corrected chi connectivity index (χ0v) is 16.2. The predicted molar refractivity (Wildman–Crippen MR) is 111 cm³/mol. The quantitative estimate of drug-likeness (QED) is 0.629. The minimum absolute atomic E-state index is 0.0579. The van der Waals surface area contributed by atoms with Crippen molar-refractivity contribution in [1.29, 1.82) is 0 Å². The summed E-state index contributed by atoms with van der Waals surface area (Å²) in [5.74, 6) is 1.22. The summed E-state index contributed by atoms with van der Waals surface area (Å²) in [6.07, 6.45) is 3.85. The van der Waals surface area contributed by atoms with E-state index < -0.39 is 0 Å². The number of halogens is 1. The lowest BCUT2D eigenvalue weighted by molar-refractivity contribution is -0.116. The largest absolute Gasteiger partial charge is 0.489 e. The van der Waals surface area contributed by atoms with Crippen molar-refractivity contribution in [1.82, 2.24) is 9.78 Å². The minimum Gasteiger partial charge on any atom is -0.489 e. The van der Waals surface area contributed by atoms with Crippen molar-refractivity contribution in [3.63, 3.8) is 0 Å². The van der Waals surface area contributed by atoms with Crippen LogP contribution in [0.2, 0.25) is 5.02 Å². The van der Waals surface area contributed by atoms with Gasteiger partial charge in [-0.05, 0) is 30.7 Å². The summed E-state index contributed by atoms with van der Waals surface area (Å²) in [6.45, 7) is 6.05. The van der Waals surface area contributed by atoms with Crippen LogP contribution in [-0.2, 0) is 4.79 Å². The Morgan fingerprint density at radius 2 is 2.11 bits per heavy atom. The Hall–Kier alpha value is -3.05. The highest BCUT2D eigenvalue weighted by Crippen LogP contribution is 2.41. The summed E-state index contributed by atoms with van der Waals surface area (Å²) >= 11 is 6.28. The first-order chi connectivity index (χ1) is 13.6. The van der Waals surface area contributed by atoms with Crippen molar-refractivity contribution in [2.24, 2.45) is 0 Å². The summed E-state index contributed by atoms with van der Waals surface area (Å²) in [7, 11) is 0. The van der Waals surface area contributed by atoms with E-state index in [1.54, 1.807) is 10.8 Å². The number of nitrogens with zero attached hydrogens (tertiary/aromatic N) is 2. The summed E-state index contributed by atoms with van der Waals surface area (Å²) in [5, 5.41) is 8.19. The molecule has 2 heterocycles. The van der Waals surface area contributed by atoms with E-state index in [4.69, 9.17) is 16.3 Å². The maximum absolute atomic E-state index is 12.5. The number of ether oxygens (including phenoxy) is 1. The van der Waals surface area contributed by atoms with Crippen LogP contribution in [0.25, 0.3) is 5.69 Å². The Morgan fingerprint density at radius 1 is 1.29 bits per heavy atom. The van der Waals surface area contributed by atoms with Gasteiger partial charge < -0.3 is 10.1 Å². The van der Waals surface area contributed by atoms with E-state index in [0.29, 0.717) is 23.9 Å². The second kappa shape index (κ2) is 7.52. The maximum atomic E-state index is 12.5. The summed E-state index contributed by atoms with van der Waals surface area (Å²) in [5.41, 5.74) is 3.66. The average Bonchev–Trinajstić information content (AvgIpc) is 3.11. The molecular formula is C22H20ClN3O2. The third kappa shape index (κ3) is 3.18. The van der Waals surface area contributed by atoms with Crippen molar-refractivity contribution in [2.75, 3.05) is 11.9 Å². The number of benzene rings is 2. The van der Waals surface area contributed by atoms with Gasteiger partial charge >= 0.3 is 0 Å². The highest BCUT2D eigenvalue weighted by molar-refractivity contribution is 6.31. The Morgan fingerprint density at radius 3 is 2.93 bits per heavy atom. The number of nitrogens with one attached hydrogen (secondary N) is 1. The minimum atomic E-state index is -0.141. The van der Waals surface area contributed by atoms with Crippen LogP contribution in [0.3, 0.4) is 0 Å². The van der Waals surface area contributed by atoms with Gasteiger partial charge in [-0.15, -0.1) is 0 Å². The number of amides is 1. The smallest absolute Gasteiger partial charge is 0.226 e. The number of fused-ring (bicyclic) bond motifs is 1. The average molecular weight is 394 g/mol. The molecule has 1 atom stereocenters. The SMILES string of the molecule is C=CCOc1ccccc1[C@@H]1CC(=O)Nc2c1cnn2-c1cccc(Cl)c1C. The Labute approximate surface area is 168 Å². The lowest BCUT2D eigenvalue weighted by Gasteiger charge is -2.25. The van der Waals surface area contributed by atoms with Crippen molar-refractivity contribution >= 4 is 23.3 Å². The van der Waals surface area contributed by atoms with Gasteiger partial charge in [-0.3, -0.25) is 4.79 Å². The van der Waals surface area contributed by atoms with Crippen molar-refractivity contribution < 1.29 is 9.53 Å². The van der Waals surface area contributed by atoms with Gasteiger partial charge in [0.2, 0.25) is 5.91 Å². The molecule has 1 aliphatic rings. The molecule has 0 bridgehead atoms. The lowest BCUT2D eigenvalue weighted by atomic mass is 9.87. The first-order valence-corrected chi connectivity index (χ1v) is 9.43. The molecule has 0 unspecified atom stereocenters. The molecule has 0 saturated carbocycles. The predicted octanol–water partition coefficient (Wildman–Crippen LogP) is 4.87. The Bertz CT molecular complexity index is 1060. The molecule has 28 heavy (non-hydrogen) atoms. The van der Waals surface area contributed by atoms with Gasteiger partial charge in [0.25, 0.3) is 0 Å². The zero-order valence-electron chi connectivity index (χ0n) is 15.5. The third-order valence-electron chi connectivity index (χ3n) is 4.94. The van der Waals surface area contributed by atoms with Gasteiger partial charge in [0, 0.05) is 28.5 Å². The fourth-order valence-corrected chi connectivity index (χ4v) is 3.72. The van der Waals surface area contributed by atoms with Crippen molar-refractivity contribution in [2.45, 2.75) is 19.3 Å². The fraction of sp³-hybridized carbons (Fsp3) is 0.182. The van der Waals surface area contributed by atoms with Crippen LogP contribution in [0.1, 0.15) is 29.0 Å². The van der Waals surface area contributed by atoms with Crippen LogP contribution in [0.15, 0.2) is 61.3 Å². The van der Waals surface area contributed by atoms with E-state index >= 15 is 0 Å².